The third-order valence-electron chi connectivity index (χ3n) is 4.12. The van der Waals surface area contributed by atoms with Gasteiger partial charge in [0.25, 0.3) is 5.91 Å². The van der Waals surface area contributed by atoms with E-state index in [1.165, 1.54) is 19.5 Å². The predicted octanol–water partition coefficient (Wildman–Crippen LogP) is 3.14. The Morgan fingerprint density at radius 2 is 1.72 bits per heavy atom. The summed E-state index contributed by atoms with van der Waals surface area (Å²) in [5, 5.41) is 5.79. The van der Waals surface area contributed by atoms with Crippen molar-refractivity contribution in [3.05, 3.63) is 77.7 Å². The molecule has 0 bridgehead atoms. The number of hydrogen-bond acceptors (Lipinski definition) is 7. The predicted molar refractivity (Wildman–Crippen MR) is 108 cm³/mol. The van der Waals surface area contributed by atoms with Crippen LogP contribution in [0.4, 0.5) is 11.5 Å². The molecule has 29 heavy (non-hydrogen) atoms. The first kappa shape index (κ1) is 19.8. The van der Waals surface area contributed by atoms with Gasteiger partial charge in [-0.15, -0.1) is 0 Å². The largest absolute Gasteiger partial charge is 0.496 e. The number of nitrogens with zero attached hydrogens (tertiary/aromatic N) is 2. The zero-order valence-electron chi connectivity index (χ0n) is 16.0. The van der Waals surface area contributed by atoms with Gasteiger partial charge in [0.2, 0.25) is 0 Å². The lowest BCUT2D eigenvalue weighted by molar-refractivity contribution is 0.0602. The van der Waals surface area contributed by atoms with E-state index in [1.807, 2.05) is 24.3 Å². The van der Waals surface area contributed by atoms with Gasteiger partial charge in [-0.2, -0.15) is 0 Å². The highest BCUT2D eigenvalue weighted by Gasteiger charge is 2.15. The second-order valence-corrected chi connectivity index (χ2v) is 5.94. The van der Waals surface area contributed by atoms with Gasteiger partial charge in [0.1, 0.15) is 17.3 Å². The molecular weight excluding hydrogens is 372 g/mol. The number of amides is 1. The Bertz CT molecular complexity index is 1010. The van der Waals surface area contributed by atoms with Gasteiger partial charge in [-0.25, -0.2) is 14.8 Å². The quantitative estimate of drug-likeness (QED) is 0.596. The summed E-state index contributed by atoms with van der Waals surface area (Å²) in [6, 6.07) is 14.2. The number of hydrogen-bond donors (Lipinski definition) is 2. The maximum atomic E-state index is 12.4. The molecule has 0 spiro atoms. The van der Waals surface area contributed by atoms with Crippen LogP contribution in [0.25, 0.3) is 0 Å². The van der Waals surface area contributed by atoms with Crippen molar-refractivity contribution in [2.24, 2.45) is 0 Å². The highest BCUT2D eigenvalue weighted by molar-refractivity contribution is 6.06. The number of carbonyl (C=O) groups is 2. The van der Waals surface area contributed by atoms with Crippen molar-refractivity contribution < 1.29 is 19.1 Å². The SMILES string of the molecule is COC(=O)c1ccccc1NC(=O)c1cnc(NCc2ccccc2OC)cn1. The molecule has 0 aliphatic heterocycles. The van der Waals surface area contributed by atoms with E-state index >= 15 is 0 Å². The van der Waals surface area contributed by atoms with Crippen molar-refractivity contribution in [2.75, 3.05) is 24.9 Å². The second-order valence-electron chi connectivity index (χ2n) is 5.94. The molecule has 2 N–H and O–H groups in total. The smallest absolute Gasteiger partial charge is 0.339 e. The zero-order valence-corrected chi connectivity index (χ0v) is 16.0. The average Bonchev–Trinajstić information content (AvgIpc) is 2.78. The molecule has 1 amide bonds. The fourth-order valence-corrected chi connectivity index (χ4v) is 2.64. The van der Waals surface area contributed by atoms with E-state index < -0.39 is 11.9 Å². The summed E-state index contributed by atoms with van der Waals surface area (Å²) < 4.78 is 10.0. The molecule has 0 atom stereocenters. The first-order chi connectivity index (χ1) is 14.1. The van der Waals surface area contributed by atoms with E-state index in [1.54, 1.807) is 31.4 Å². The van der Waals surface area contributed by atoms with Crippen molar-refractivity contribution >= 4 is 23.4 Å². The highest BCUT2D eigenvalue weighted by Crippen LogP contribution is 2.19. The fourth-order valence-electron chi connectivity index (χ4n) is 2.64. The van der Waals surface area contributed by atoms with Gasteiger partial charge in [0.15, 0.2) is 0 Å². The summed E-state index contributed by atoms with van der Waals surface area (Å²) in [6.45, 7) is 0.497. The van der Waals surface area contributed by atoms with Crippen LogP contribution in [0.2, 0.25) is 0 Å². The Morgan fingerprint density at radius 1 is 0.966 bits per heavy atom. The van der Waals surface area contributed by atoms with Crippen LogP contribution in [0, 0.1) is 0 Å². The summed E-state index contributed by atoms with van der Waals surface area (Å²) in [5.74, 6) is 0.267. The van der Waals surface area contributed by atoms with E-state index in [-0.39, 0.29) is 11.3 Å². The number of rotatable bonds is 7. The maximum Gasteiger partial charge on any atom is 0.339 e. The molecule has 0 radical (unpaired) electrons. The van der Waals surface area contributed by atoms with Gasteiger partial charge in [-0.05, 0) is 18.2 Å². The molecule has 0 saturated carbocycles. The molecule has 0 unspecified atom stereocenters. The summed E-state index contributed by atoms with van der Waals surface area (Å²) >= 11 is 0. The lowest BCUT2D eigenvalue weighted by atomic mass is 10.1. The minimum Gasteiger partial charge on any atom is -0.496 e. The van der Waals surface area contributed by atoms with Crippen LogP contribution < -0.4 is 15.4 Å². The highest BCUT2D eigenvalue weighted by atomic mass is 16.5. The maximum absolute atomic E-state index is 12.4. The first-order valence-corrected chi connectivity index (χ1v) is 8.79. The molecule has 0 fully saturated rings. The Hall–Kier alpha value is -3.94. The fraction of sp³-hybridized carbons (Fsp3) is 0.143. The molecule has 148 valence electrons. The monoisotopic (exact) mass is 392 g/mol. The van der Waals surface area contributed by atoms with Crippen LogP contribution in [-0.4, -0.2) is 36.1 Å². The second kappa shape index (κ2) is 9.32. The van der Waals surface area contributed by atoms with E-state index in [9.17, 15) is 9.59 Å². The van der Waals surface area contributed by atoms with Gasteiger partial charge in [0.05, 0.1) is 37.9 Å². The summed E-state index contributed by atoms with van der Waals surface area (Å²) in [6.07, 6.45) is 2.83. The lowest BCUT2D eigenvalue weighted by Gasteiger charge is -2.11. The van der Waals surface area contributed by atoms with Crippen LogP contribution in [0.1, 0.15) is 26.4 Å². The van der Waals surface area contributed by atoms with E-state index in [0.717, 1.165) is 11.3 Å². The number of anilines is 2. The molecule has 0 aliphatic rings. The molecule has 3 aromatic rings. The van der Waals surface area contributed by atoms with Crippen molar-refractivity contribution in [1.29, 1.82) is 0 Å². The van der Waals surface area contributed by atoms with E-state index in [2.05, 4.69) is 20.6 Å². The lowest BCUT2D eigenvalue weighted by Crippen LogP contribution is -2.17. The zero-order chi connectivity index (χ0) is 20.6. The van der Waals surface area contributed by atoms with Crippen LogP contribution in [-0.2, 0) is 11.3 Å². The van der Waals surface area contributed by atoms with Crippen molar-refractivity contribution in [3.63, 3.8) is 0 Å². The number of esters is 1. The molecule has 1 aromatic heterocycles. The van der Waals surface area contributed by atoms with E-state index in [4.69, 9.17) is 9.47 Å². The number of carbonyl (C=O) groups excluding carboxylic acids is 2. The van der Waals surface area contributed by atoms with Crippen LogP contribution >= 0.6 is 0 Å². The molecular formula is C21H20N4O4. The number of aromatic nitrogens is 2. The third kappa shape index (κ3) is 4.86. The Morgan fingerprint density at radius 3 is 2.45 bits per heavy atom. The molecule has 1 heterocycles. The van der Waals surface area contributed by atoms with Crippen LogP contribution in [0.15, 0.2) is 60.9 Å². The van der Waals surface area contributed by atoms with Crippen molar-refractivity contribution in [2.45, 2.75) is 6.54 Å². The van der Waals surface area contributed by atoms with Gasteiger partial charge in [0, 0.05) is 12.1 Å². The molecule has 8 nitrogen and oxygen atoms in total. The number of ether oxygens (including phenoxy) is 2. The Kier molecular flexibility index (Phi) is 6.36. The standard InChI is InChI=1S/C21H20N4O4/c1-28-18-10-6-3-7-14(18)11-23-19-13-22-17(12-24-19)20(26)25-16-9-5-4-8-15(16)21(27)29-2/h3-10,12-13H,11H2,1-2H3,(H,23,24)(H,25,26). The molecule has 8 heteroatoms. The average molecular weight is 392 g/mol. The number of benzene rings is 2. The van der Waals surface area contributed by atoms with Gasteiger partial charge in [-0.3, -0.25) is 4.79 Å². The van der Waals surface area contributed by atoms with Gasteiger partial charge >= 0.3 is 5.97 Å². The minimum absolute atomic E-state index is 0.118. The number of nitrogens with one attached hydrogen (secondary N) is 2. The van der Waals surface area contributed by atoms with Gasteiger partial charge in [-0.1, -0.05) is 30.3 Å². The Labute approximate surface area is 167 Å². The normalized spacial score (nSPS) is 10.1. The van der Waals surface area contributed by atoms with Crippen molar-refractivity contribution in [1.82, 2.24) is 9.97 Å². The van der Waals surface area contributed by atoms with Crippen LogP contribution in [0.5, 0.6) is 5.75 Å². The Balaban J connectivity index is 1.66. The molecule has 0 aliphatic carbocycles. The number of methoxy groups -OCH3 is 2. The van der Waals surface area contributed by atoms with Crippen molar-refractivity contribution in [3.8, 4) is 5.75 Å². The minimum atomic E-state index is -0.539. The number of para-hydroxylation sites is 2. The molecule has 3 rings (SSSR count). The van der Waals surface area contributed by atoms with E-state index in [0.29, 0.717) is 18.1 Å². The van der Waals surface area contributed by atoms with Gasteiger partial charge < -0.3 is 20.1 Å². The summed E-state index contributed by atoms with van der Waals surface area (Å²) in [7, 11) is 2.90. The molecule has 0 saturated heterocycles. The topological polar surface area (TPSA) is 102 Å². The molecule has 2 aromatic carbocycles. The van der Waals surface area contributed by atoms with Crippen LogP contribution in [0.3, 0.4) is 0 Å². The third-order valence-corrected chi connectivity index (χ3v) is 4.12. The summed E-state index contributed by atoms with van der Waals surface area (Å²) in [5.41, 5.74) is 1.68. The first-order valence-electron chi connectivity index (χ1n) is 8.79. The summed E-state index contributed by atoms with van der Waals surface area (Å²) in [4.78, 5) is 32.6.